The van der Waals surface area contributed by atoms with E-state index in [-0.39, 0.29) is 11.5 Å². The Morgan fingerprint density at radius 3 is 2.43 bits per heavy atom. The van der Waals surface area contributed by atoms with Gasteiger partial charge in [0.1, 0.15) is 11.6 Å². The number of carbonyl (C=O) groups excluding carboxylic acids is 1. The smallest absolute Gasteiger partial charge is 0.258 e. The Kier molecular flexibility index (Phi) is 7.87. The number of methoxy groups -OCH3 is 3. The van der Waals surface area contributed by atoms with E-state index in [4.69, 9.17) is 14.2 Å². The lowest BCUT2D eigenvalue weighted by Gasteiger charge is -2.22. The topological polar surface area (TPSA) is 97.0 Å². The van der Waals surface area contributed by atoms with Gasteiger partial charge in [0, 0.05) is 38.7 Å². The number of aromatic nitrogens is 2. The Bertz CT molecular complexity index is 1220. The predicted molar refractivity (Wildman–Crippen MR) is 133 cm³/mol. The second kappa shape index (κ2) is 11.2. The van der Waals surface area contributed by atoms with Gasteiger partial charge in [0.05, 0.1) is 38.8 Å². The number of ether oxygens (including phenoxy) is 3. The van der Waals surface area contributed by atoms with Crippen molar-refractivity contribution >= 4 is 16.8 Å². The molecule has 0 spiro atoms. The minimum absolute atomic E-state index is 0.168. The molecule has 1 amide bonds. The summed E-state index contributed by atoms with van der Waals surface area (Å²) < 4.78 is 15.8. The number of carbonyl (C=O) groups is 1. The molecule has 0 saturated carbocycles. The third kappa shape index (κ3) is 5.92. The standard InChI is InChI=1S/C26H32N4O5/c1-33-19-8-5-18(6-9-19)7-10-25(31)30-12-4-11-29(13-14-30)17-24-27-21-16-23(35-3)22(34-2)15-20(21)26(32)28-24/h5-6,8-9,15-16H,4,7,10-14,17H2,1-3H3,(H,27,28,32). The number of amides is 1. The fraction of sp³-hybridized carbons (Fsp3) is 0.423. The molecule has 1 aliphatic rings. The number of rotatable bonds is 8. The van der Waals surface area contributed by atoms with E-state index in [2.05, 4.69) is 14.9 Å². The zero-order valence-corrected chi connectivity index (χ0v) is 20.5. The van der Waals surface area contributed by atoms with Gasteiger partial charge in [0.25, 0.3) is 5.56 Å². The largest absolute Gasteiger partial charge is 0.497 e. The van der Waals surface area contributed by atoms with E-state index < -0.39 is 0 Å². The minimum Gasteiger partial charge on any atom is -0.497 e. The highest BCUT2D eigenvalue weighted by Gasteiger charge is 2.20. The fourth-order valence-electron chi connectivity index (χ4n) is 4.38. The molecule has 2 heterocycles. The molecular weight excluding hydrogens is 448 g/mol. The lowest BCUT2D eigenvalue weighted by Crippen LogP contribution is -2.35. The second-order valence-electron chi connectivity index (χ2n) is 8.60. The van der Waals surface area contributed by atoms with Crippen molar-refractivity contribution in [1.29, 1.82) is 0 Å². The van der Waals surface area contributed by atoms with E-state index in [1.165, 1.54) is 7.11 Å². The van der Waals surface area contributed by atoms with Crippen molar-refractivity contribution < 1.29 is 19.0 Å². The highest BCUT2D eigenvalue weighted by molar-refractivity contribution is 5.81. The Hall–Kier alpha value is -3.59. The maximum absolute atomic E-state index is 12.8. The highest BCUT2D eigenvalue weighted by atomic mass is 16.5. The molecule has 0 aliphatic carbocycles. The molecule has 186 valence electrons. The minimum atomic E-state index is -0.212. The van der Waals surface area contributed by atoms with E-state index in [1.54, 1.807) is 26.4 Å². The van der Waals surface area contributed by atoms with E-state index in [0.29, 0.717) is 54.2 Å². The first-order valence-electron chi connectivity index (χ1n) is 11.8. The van der Waals surface area contributed by atoms with Crippen LogP contribution in [-0.4, -0.2) is 73.2 Å². The Balaban J connectivity index is 1.36. The summed E-state index contributed by atoms with van der Waals surface area (Å²) in [6.45, 7) is 3.45. The molecule has 1 N–H and O–H groups in total. The molecule has 0 unspecified atom stereocenters. The Morgan fingerprint density at radius 1 is 0.971 bits per heavy atom. The van der Waals surface area contributed by atoms with Gasteiger partial charge in [-0.25, -0.2) is 4.98 Å². The molecular formula is C26H32N4O5. The number of benzene rings is 2. The van der Waals surface area contributed by atoms with Gasteiger partial charge in [0.15, 0.2) is 11.5 Å². The molecule has 1 aliphatic heterocycles. The van der Waals surface area contributed by atoms with Crippen LogP contribution in [0.1, 0.15) is 24.2 Å². The van der Waals surface area contributed by atoms with Crippen LogP contribution in [0.5, 0.6) is 17.2 Å². The number of fused-ring (bicyclic) bond motifs is 1. The van der Waals surface area contributed by atoms with Gasteiger partial charge in [-0.1, -0.05) is 12.1 Å². The summed E-state index contributed by atoms with van der Waals surface area (Å²) in [7, 11) is 4.73. The maximum atomic E-state index is 12.8. The van der Waals surface area contributed by atoms with Gasteiger partial charge in [-0.3, -0.25) is 14.5 Å². The first kappa shape index (κ1) is 24.5. The van der Waals surface area contributed by atoms with E-state index in [1.807, 2.05) is 29.2 Å². The summed E-state index contributed by atoms with van der Waals surface area (Å²) in [6, 6.07) is 11.2. The lowest BCUT2D eigenvalue weighted by molar-refractivity contribution is -0.131. The van der Waals surface area contributed by atoms with Crippen molar-refractivity contribution in [2.45, 2.75) is 25.8 Å². The van der Waals surface area contributed by atoms with Crippen molar-refractivity contribution in [3.8, 4) is 17.2 Å². The van der Waals surface area contributed by atoms with Crippen molar-refractivity contribution in [2.75, 3.05) is 47.5 Å². The number of hydrogen-bond acceptors (Lipinski definition) is 7. The zero-order chi connectivity index (χ0) is 24.8. The molecule has 1 fully saturated rings. The van der Waals surface area contributed by atoms with Crippen LogP contribution in [0.2, 0.25) is 0 Å². The summed E-state index contributed by atoms with van der Waals surface area (Å²) >= 11 is 0. The quantitative estimate of drug-likeness (QED) is 0.529. The van der Waals surface area contributed by atoms with Crippen LogP contribution in [-0.2, 0) is 17.8 Å². The Morgan fingerprint density at radius 2 is 1.71 bits per heavy atom. The normalized spacial score (nSPS) is 14.5. The van der Waals surface area contributed by atoms with Crippen molar-refractivity contribution in [2.24, 2.45) is 0 Å². The van der Waals surface area contributed by atoms with Crippen molar-refractivity contribution in [3.63, 3.8) is 0 Å². The molecule has 3 aromatic rings. The average molecular weight is 481 g/mol. The fourth-order valence-corrected chi connectivity index (χ4v) is 4.38. The number of H-pyrrole nitrogens is 1. The van der Waals surface area contributed by atoms with Crippen LogP contribution in [0, 0.1) is 0 Å². The van der Waals surface area contributed by atoms with Gasteiger partial charge < -0.3 is 24.1 Å². The average Bonchev–Trinajstić information content (AvgIpc) is 3.12. The second-order valence-corrected chi connectivity index (χ2v) is 8.60. The SMILES string of the molecule is COc1ccc(CCC(=O)N2CCCN(Cc3nc4cc(OC)c(OC)cc4c(=O)[nH]3)CC2)cc1. The molecule has 0 atom stereocenters. The van der Waals surface area contributed by atoms with Crippen LogP contribution < -0.4 is 19.8 Å². The summed E-state index contributed by atoms with van der Waals surface area (Å²) in [5.74, 6) is 2.59. The van der Waals surface area contributed by atoms with E-state index in [0.717, 1.165) is 37.4 Å². The van der Waals surface area contributed by atoms with Crippen molar-refractivity contribution in [3.05, 3.63) is 58.1 Å². The van der Waals surface area contributed by atoms with Gasteiger partial charge >= 0.3 is 0 Å². The number of nitrogens with one attached hydrogen (secondary N) is 1. The van der Waals surface area contributed by atoms with Gasteiger partial charge in [-0.05, 0) is 36.6 Å². The van der Waals surface area contributed by atoms with Crippen LogP contribution in [0.3, 0.4) is 0 Å². The van der Waals surface area contributed by atoms with Gasteiger partial charge in [0.2, 0.25) is 5.91 Å². The maximum Gasteiger partial charge on any atom is 0.258 e. The van der Waals surface area contributed by atoms with Crippen LogP contribution in [0.4, 0.5) is 0 Å². The summed E-state index contributed by atoms with van der Waals surface area (Å²) in [5, 5.41) is 0.455. The lowest BCUT2D eigenvalue weighted by atomic mass is 10.1. The Labute approximate surface area is 204 Å². The summed E-state index contributed by atoms with van der Waals surface area (Å²) in [5.41, 5.74) is 1.47. The number of hydrogen-bond donors (Lipinski definition) is 1. The summed E-state index contributed by atoms with van der Waals surface area (Å²) in [4.78, 5) is 37.2. The summed E-state index contributed by atoms with van der Waals surface area (Å²) in [6.07, 6.45) is 2.06. The number of nitrogens with zero attached hydrogens (tertiary/aromatic N) is 3. The molecule has 9 heteroatoms. The molecule has 0 radical (unpaired) electrons. The van der Waals surface area contributed by atoms with Crippen LogP contribution in [0.15, 0.2) is 41.2 Å². The zero-order valence-electron chi connectivity index (χ0n) is 20.5. The highest BCUT2D eigenvalue weighted by Crippen LogP contribution is 2.30. The molecule has 9 nitrogen and oxygen atoms in total. The number of aryl methyl sites for hydroxylation is 1. The van der Waals surface area contributed by atoms with E-state index >= 15 is 0 Å². The van der Waals surface area contributed by atoms with Crippen LogP contribution in [0.25, 0.3) is 10.9 Å². The van der Waals surface area contributed by atoms with Crippen molar-refractivity contribution in [1.82, 2.24) is 19.8 Å². The number of aromatic amines is 1. The first-order valence-corrected chi connectivity index (χ1v) is 11.8. The van der Waals surface area contributed by atoms with E-state index in [9.17, 15) is 9.59 Å². The van der Waals surface area contributed by atoms with Gasteiger partial charge in [-0.15, -0.1) is 0 Å². The van der Waals surface area contributed by atoms with Gasteiger partial charge in [-0.2, -0.15) is 0 Å². The molecule has 1 aromatic heterocycles. The third-order valence-electron chi connectivity index (χ3n) is 6.36. The monoisotopic (exact) mass is 480 g/mol. The molecule has 35 heavy (non-hydrogen) atoms. The molecule has 1 saturated heterocycles. The third-order valence-corrected chi connectivity index (χ3v) is 6.36. The molecule has 2 aromatic carbocycles. The van der Waals surface area contributed by atoms with Crippen LogP contribution >= 0.6 is 0 Å². The molecule has 4 rings (SSSR count). The predicted octanol–water partition coefficient (Wildman–Crippen LogP) is 2.62. The first-order chi connectivity index (χ1) is 17.0. The molecule has 0 bridgehead atoms.